The zero-order chi connectivity index (χ0) is 16.3. The van der Waals surface area contributed by atoms with Gasteiger partial charge in [0.15, 0.2) is 0 Å². The van der Waals surface area contributed by atoms with E-state index < -0.39 is 21.7 Å². The van der Waals surface area contributed by atoms with Gasteiger partial charge in [-0.3, -0.25) is 5.32 Å². The number of primary sulfonamides is 1. The second kappa shape index (κ2) is 6.31. The van der Waals surface area contributed by atoms with Crippen LogP contribution in [0.1, 0.15) is 27.7 Å². The molecule has 3 N–H and O–H groups in total. The Kier molecular flexibility index (Phi) is 5.19. The molecule has 0 spiro atoms. The first kappa shape index (κ1) is 17.3. The molecule has 1 rings (SSSR count). The summed E-state index contributed by atoms with van der Waals surface area (Å²) in [6, 6.07) is 4.16. The van der Waals surface area contributed by atoms with Crippen LogP contribution in [0.15, 0.2) is 23.1 Å². The number of hydrogen-bond donors (Lipinski definition) is 2. The van der Waals surface area contributed by atoms with Crippen LogP contribution >= 0.6 is 0 Å². The predicted molar refractivity (Wildman–Crippen MR) is 78.8 cm³/mol. The molecule has 0 aromatic heterocycles. The van der Waals surface area contributed by atoms with E-state index in [2.05, 4.69) is 5.32 Å². The minimum absolute atomic E-state index is 0.134. The number of amides is 1. The van der Waals surface area contributed by atoms with Crippen LogP contribution in [0.5, 0.6) is 5.75 Å². The molecule has 0 saturated carbocycles. The van der Waals surface area contributed by atoms with Crippen molar-refractivity contribution < 1.29 is 22.7 Å². The zero-order valence-electron chi connectivity index (χ0n) is 12.5. The molecule has 0 radical (unpaired) electrons. The molecular weight excluding hydrogens is 296 g/mol. The Morgan fingerprint density at radius 1 is 1.33 bits per heavy atom. The molecule has 1 aromatic carbocycles. The molecule has 0 aliphatic rings. The Bertz CT molecular complexity index is 620. The minimum Gasteiger partial charge on any atom is -0.492 e. The Balaban J connectivity index is 3.04. The SMILES string of the molecule is CCOc1ccc(NC(=O)OC(C)(C)C)cc1S(N)(=O)=O. The van der Waals surface area contributed by atoms with Gasteiger partial charge in [0.25, 0.3) is 0 Å². The van der Waals surface area contributed by atoms with E-state index in [4.69, 9.17) is 14.6 Å². The van der Waals surface area contributed by atoms with E-state index in [0.717, 1.165) is 0 Å². The summed E-state index contributed by atoms with van der Waals surface area (Å²) in [7, 11) is -3.97. The van der Waals surface area contributed by atoms with E-state index in [1.807, 2.05) is 0 Å². The number of hydrogen-bond acceptors (Lipinski definition) is 5. The van der Waals surface area contributed by atoms with E-state index in [9.17, 15) is 13.2 Å². The maximum absolute atomic E-state index is 11.7. The molecule has 118 valence electrons. The summed E-state index contributed by atoms with van der Waals surface area (Å²) in [6.07, 6.45) is -0.688. The lowest BCUT2D eigenvalue weighted by atomic mass is 10.2. The van der Waals surface area contributed by atoms with Crippen molar-refractivity contribution in [2.75, 3.05) is 11.9 Å². The van der Waals surface area contributed by atoms with Crippen molar-refractivity contribution in [2.45, 2.75) is 38.2 Å². The normalized spacial score (nSPS) is 11.9. The Morgan fingerprint density at radius 2 is 1.95 bits per heavy atom. The highest BCUT2D eigenvalue weighted by Gasteiger charge is 2.19. The Labute approximate surface area is 124 Å². The Hall–Kier alpha value is -1.80. The molecule has 0 saturated heterocycles. The highest BCUT2D eigenvalue weighted by Crippen LogP contribution is 2.26. The molecular formula is C13H20N2O5S. The third-order valence-electron chi connectivity index (χ3n) is 2.20. The number of ether oxygens (including phenoxy) is 2. The van der Waals surface area contributed by atoms with Gasteiger partial charge in [0, 0.05) is 5.69 Å². The van der Waals surface area contributed by atoms with Crippen molar-refractivity contribution in [3.8, 4) is 5.75 Å². The maximum Gasteiger partial charge on any atom is 0.412 e. The van der Waals surface area contributed by atoms with Crippen LogP contribution in [0.25, 0.3) is 0 Å². The van der Waals surface area contributed by atoms with Crippen LogP contribution in [0.4, 0.5) is 10.5 Å². The zero-order valence-corrected chi connectivity index (χ0v) is 13.3. The van der Waals surface area contributed by atoms with Gasteiger partial charge in [0.05, 0.1) is 6.61 Å². The molecule has 7 nitrogen and oxygen atoms in total. The van der Waals surface area contributed by atoms with Gasteiger partial charge >= 0.3 is 6.09 Å². The van der Waals surface area contributed by atoms with Gasteiger partial charge in [-0.15, -0.1) is 0 Å². The molecule has 0 aliphatic heterocycles. The van der Waals surface area contributed by atoms with Gasteiger partial charge < -0.3 is 9.47 Å². The largest absolute Gasteiger partial charge is 0.492 e. The number of carbonyl (C=O) groups excluding carboxylic acids is 1. The number of anilines is 1. The van der Waals surface area contributed by atoms with Crippen molar-refractivity contribution >= 4 is 21.8 Å². The van der Waals surface area contributed by atoms with Crippen LogP contribution < -0.4 is 15.2 Å². The lowest BCUT2D eigenvalue weighted by Gasteiger charge is -2.20. The lowest BCUT2D eigenvalue weighted by molar-refractivity contribution is 0.0636. The first-order chi connectivity index (χ1) is 9.53. The quantitative estimate of drug-likeness (QED) is 0.884. The molecule has 1 amide bonds. The van der Waals surface area contributed by atoms with Gasteiger partial charge in [-0.25, -0.2) is 18.4 Å². The topological polar surface area (TPSA) is 108 Å². The summed E-state index contributed by atoms with van der Waals surface area (Å²) in [5.74, 6) is 0.134. The number of rotatable bonds is 4. The van der Waals surface area contributed by atoms with Crippen molar-refractivity contribution in [3.63, 3.8) is 0 Å². The Morgan fingerprint density at radius 3 is 2.43 bits per heavy atom. The van der Waals surface area contributed by atoms with Gasteiger partial charge in [-0.1, -0.05) is 0 Å². The van der Waals surface area contributed by atoms with Gasteiger partial charge in [0.1, 0.15) is 16.2 Å². The van der Waals surface area contributed by atoms with Crippen LogP contribution in [0.3, 0.4) is 0 Å². The second-order valence-corrected chi connectivity index (χ2v) is 6.80. The molecule has 8 heteroatoms. The van der Waals surface area contributed by atoms with Gasteiger partial charge in [-0.05, 0) is 45.9 Å². The molecule has 0 aliphatic carbocycles. The number of carbonyl (C=O) groups is 1. The van der Waals surface area contributed by atoms with Crippen molar-refractivity contribution in [3.05, 3.63) is 18.2 Å². The molecule has 0 heterocycles. The van der Waals surface area contributed by atoms with Crippen LogP contribution in [0.2, 0.25) is 0 Å². The smallest absolute Gasteiger partial charge is 0.412 e. The van der Waals surface area contributed by atoms with E-state index in [1.165, 1.54) is 18.2 Å². The lowest BCUT2D eigenvalue weighted by Crippen LogP contribution is -2.27. The third kappa shape index (κ3) is 5.60. The fraction of sp³-hybridized carbons (Fsp3) is 0.462. The average Bonchev–Trinajstić information content (AvgIpc) is 2.27. The average molecular weight is 316 g/mol. The van der Waals surface area contributed by atoms with Gasteiger partial charge in [0.2, 0.25) is 10.0 Å². The maximum atomic E-state index is 11.7. The number of benzene rings is 1. The number of sulfonamides is 1. The first-order valence-electron chi connectivity index (χ1n) is 6.32. The minimum atomic E-state index is -3.97. The second-order valence-electron chi connectivity index (χ2n) is 5.27. The van der Waals surface area contributed by atoms with E-state index in [0.29, 0.717) is 6.61 Å². The fourth-order valence-electron chi connectivity index (χ4n) is 1.50. The molecule has 1 aromatic rings. The monoisotopic (exact) mass is 316 g/mol. The number of nitrogens with two attached hydrogens (primary N) is 1. The summed E-state index contributed by atoms with van der Waals surface area (Å²) in [6.45, 7) is 7.18. The summed E-state index contributed by atoms with van der Waals surface area (Å²) in [4.78, 5) is 11.5. The highest BCUT2D eigenvalue weighted by atomic mass is 32.2. The van der Waals surface area contributed by atoms with Gasteiger partial charge in [-0.2, -0.15) is 0 Å². The van der Waals surface area contributed by atoms with E-state index >= 15 is 0 Å². The summed E-state index contributed by atoms with van der Waals surface area (Å²) in [5, 5.41) is 7.58. The van der Waals surface area contributed by atoms with Crippen LogP contribution in [0, 0.1) is 0 Å². The van der Waals surface area contributed by atoms with Crippen molar-refractivity contribution in [1.29, 1.82) is 0 Å². The fourth-order valence-corrected chi connectivity index (χ4v) is 2.20. The molecule has 0 bridgehead atoms. The molecule has 0 unspecified atom stereocenters. The standard InChI is InChI=1S/C13H20N2O5S/c1-5-19-10-7-6-9(8-11(10)21(14,17)18)15-12(16)20-13(2,3)4/h6-8H,5H2,1-4H3,(H,15,16)(H2,14,17,18). The third-order valence-corrected chi connectivity index (χ3v) is 3.13. The summed E-state index contributed by atoms with van der Waals surface area (Å²) < 4.78 is 33.4. The molecule has 0 fully saturated rings. The highest BCUT2D eigenvalue weighted by molar-refractivity contribution is 7.89. The predicted octanol–water partition coefficient (Wildman–Crippen LogP) is 2.08. The van der Waals surface area contributed by atoms with Crippen LogP contribution in [-0.4, -0.2) is 26.7 Å². The summed E-state index contributed by atoms with van der Waals surface area (Å²) >= 11 is 0. The van der Waals surface area contributed by atoms with Crippen LogP contribution in [-0.2, 0) is 14.8 Å². The van der Waals surface area contributed by atoms with Crippen molar-refractivity contribution in [2.24, 2.45) is 5.14 Å². The summed E-state index contributed by atoms with van der Waals surface area (Å²) in [5.41, 5.74) is -0.408. The molecule has 0 atom stereocenters. The molecule has 21 heavy (non-hydrogen) atoms. The van der Waals surface area contributed by atoms with E-state index in [1.54, 1.807) is 27.7 Å². The van der Waals surface area contributed by atoms with Crippen molar-refractivity contribution in [1.82, 2.24) is 0 Å². The number of nitrogens with one attached hydrogen (secondary N) is 1. The first-order valence-corrected chi connectivity index (χ1v) is 7.87. The van der Waals surface area contributed by atoms with E-state index in [-0.39, 0.29) is 16.3 Å².